The van der Waals surface area contributed by atoms with Gasteiger partial charge in [-0.05, 0) is 60.4 Å². The van der Waals surface area contributed by atoms with Crippen LogP contribution in [0.2, 0.25) is 5.02 Å². The minimum Gasteiger partial charge on any atom is -0.484 e. The maximum atomic E-state index is 6.22. The number of aryl methyl sites for hydroxylation is 2. The molecule has 2 aromatic rings. The highest BCUT2D eigenvalue weighted by atomic mass is 35.5. The van der Waals surface area contributed by atoms with Gasteiger partial charge in [0.25, 0.3) is 0 Å². The number of benzene rings is 1. The normalized spacial score (nSPS) is 14.1. The van der Waals surface area contributed by atoms with Gasteiger partial charge in [0.1, 0.15) is 11.9 Å². The van der Waals surface area contributed by atoms with Crippen LogP contribution < -0.4 is 10.5 Å². The van der Waals surface area contributed by atoms with Gasteiger partial charge < -0.3 is 10.5 Å². The molecule has 108 valence electrons. The summed E-state index contributed by atoms with van der Waals surface area (Å²) in [5.41, 5.74) is 9.40. The van der Waals surface area contributed by atoms with Crippen molar-refractivity contribution in [3.8, 4) is 5.75 Å². The molecule has 0 aliphatic heterocycles. The van der Waals surface area contributed by atoms with Crippen molar-refractivity contribution in [2.24, 2.45) is 5.73 Å². The van der Waals surface area contributed by atoms with Crippen LogP contribution in [0, 0.1) is 13.8 Å². The number of thiophene rings is 1. The average molecular weight is 310 g/mol. The van der Waals surface area contributed by atoms with Crippen LogP contribution in [-0.4, -0.2) is 6.04 Å². The fraction of sp³-hybridized carbons (Fsp3) is 0.375. The summed E-state index contributed by atoms with van der Waals surface area (Å²) in [6.45, 7) is 6.05. The molecule has 0 fully saturated rings. The summed E-state index contributed by atoms with van der Waals surface area (Å²) in [5.74, 6) is 0.824. The second-order valence-corrected chi connectivity index (χ2v) is 6.20. The van der Waals surface area contributed by atoms with E-state index in [1.807, 2.05) is 31.4 Å². The van der Waals surface area contributed by atoms with Crippen molar-refractivity contribution in [2.75, 3.05) is 0 Å². The molecule has 2 atom stereocenters. The molecule has 0 bridgehead atoms. The molecule has 0 spiro atoms. The largest absolute Gasteiger partial charge is 0.484 e. The Morgan fingerprint density at radius 3 is 2.45 bits per heavy atom. The molecule has 0 saturated carbocycles. The monoisotopic (exact) mass is 309 g/mol. The molecule has 0 saturated heterocycles. The SMILES string of the molecule is CCC(N)C(Oc1cc(C)c(Cl)c(C)c1)c1ccsc1. The zero-order chi connectivity index (χ0) is 14.7. The van der Waals surface area contributed by atoms with Crippen LogP contribution in [-0.2, 0) is 0 Å². The van der Waals surface area contributed by atoms with Gasteiger partial charge in [0.05, 0.1) is 0 Å². The van der Waals surface area contributed by atoms with Gasteiger partial charge in [-0.2, -0.15) is 11.3 Å². The van der Waals surface area contributed by atoms with E-state index in [4.69, 9.17) is 22.1 Å². The first-order valence-corrected chi connectivity index (χ1v) is 8.06. The maximum absolute atomic E-state index is 6.22. The smallest absolute Gasteiger partial charge is 0.140 e. The van der Waals surface area contributed by atoms with Gasteiger partial charge in [0.2, 0.25) is 0 Å². The molecule has 2 unspecified atom stereocenters. The molecule has 0 aliphatic carbocycles. The first kappa shape index (κ1) is 15.4. The van der Waals surface area contributed by atoms with Gasteiger partial charge in [-0.15, -0.1) is 0 Å². The Bertz CT molecular complexity index is 545. The van der Waals surface area contributed by atoms with Crippen LogP contribution in [0.15, 0.2) is 29.0 Å². The van der Waals surface area contributed by atoms with Crippen LogP contribution in [0.5, 0.6) is 5.75 Å². The summed E-state index contributed by atoms with van der Waals surface area (Å²) in [5, 5.41) is 4.94. The van der Waals surface area contributed by atoms with E-state index >= 15 is 0 Å². The van der Waals surface area contributed by atoms with Crippen molar-refractivity contribution in [3.05, 3.63) is 50.7 Å². The minimum absolute atomic E-state index is 0.0270. The van der Waals surface area contributed by atoms with Crippen LogP contribution in [0.25, 0.3) is 0 Å². The maximum Gasteiger partial charge on any atom is 0.140 e. The molecular weight excluding hydrogens is 290 g/mol. The Kier molecular flexibility index (Phi) is 5.08. The summed E-state index contributed by atoms with van der Waals surface area (Å²) < 4.78 is 6.15. The molecule has 20 heavy (non-hydrogen) atoms. The van der Waals surface area contributed by atoms with Crippen LogP contribution in [0.1, 0.15) is 36.1 Å². The van der Waals surface area contributed by atoms with Crippen LogP contribution in [0.4, 0.5) is 0 Å². The van der Waals surface area contributed by atoms with E-state index in [1.165, 1.54) is 0 Å². The summed E-state index contributed by atoms with van der Waals surface area (Å²) >= 11 is 7.86. The Hall–Kier alpha value is -1.03. The van der Waals surface area contributed by atoms with E-state index in [9.17, 15) is 0 Å². The van der Waals surface area contributed by atoms with E-state index in [2.05, 4.69) is 18.4 Å². The molecule has 2 nitrogen and oxygen atoms in total. The number of rotatable bonds is 5. The van der Waals surface area contributed by atoms with E-state index in [1.54, 1.807) is 11.3 Å². The van der Waals surface area contributed by atoms with Gasteiger partial charge in [-0.3, -0.25) is 0 Å². The third-order valence-electron chi connectivity index (χ3n) is 3.40. The van der Waals surface area contributed by atoms with Gasteiger partial charge >= 0.3 is 0 Å². The molecule has 0 radical (unpaired) electrons. The van der Waals surface area contributed by atoms with Gasteiger partial charge in [0, 0.05) is 16.6 Å². The molecule has 0 aliphatic rings. The van der Waals surface area contributed by atoms with Gasteiger partial charge in [0.15, 0.2) is 0 Å². The lowest BCUT2D eigenvalue weighted by Gasteiger charge is -2.24. The molecule has 1 aromatic heterocycles. The highest BCUT2D eigenvalue weighted by Crippen LogP contribution is 2.31. The lowest BCUT2D eigenvalue weighted by atomic mass is 10.0. The summed E-state index contributed by atoms with van der Waals surface area (Å²) in [4.78, 5) is 0. The Morgan fingerprint density at radius 2 is 1.95 bits per heavy atom. The van der Waals surface area contributed by atoms with E-state index in [0.29, 0.717) is 0 Å². The lowest BCUT2D eigenvalue weighted by Crippen LogP contribution is -2.31. The molecule has 0 amide bonds. The van der Waals surface area contributed by atoms with Crippen LogP contribution >= 0.6 is 22.9 Å². The van der Waals surface area contributed by atoms with E-state index < -0.39 is 0 Å². The zero-order valence-electron chi connectivity index (χ0n) is 12.0. The Balaban J connectivity index is 2.29. The molecule has 2 rings (SSSR count). The van der Waals surface area contributed by atoms with Crippen molar-refractivity contribution in [3.63, 3.8) is 0 Å². The zero-order valence-corrected chi connectivity index (χ0v) is 13.6. The third-order valence-corrected chi connectivity index (χ3v) is 4.70. The summed E-state index contributed by atoms with van der Waals surface area (Å²) in [6, 6.07) is 5.98. The van der Waals surface area contributed by atoms with Gasteiger partial charge in [-0.1, -0.05) is 18.5 Å². The molecule has 1 heterocycles. The standard InChI is InChI=1S/C16H20ClNOS/c1-4-14(18)16(12-5-6-20-9-12)19-13-7-10(2)15(17)11(3)8-13/h5-9,14,16H,4,18H2,1-3H3. The van der Waals surface area contributed by atoms with Gasteiger partial charge in [-0.25, -0.2) is 0 Å². The highest BCUT2D eigenvalue weighted by Gasteiger charge is 2.21. The summed E-state index contributed by atoms with van der Waals surface area (Å²) in [7, 11) is 0. The fourth-order valence-corrected chi connectivity index (χ4v) is 2.97. The van der Waals surface area contributed by atoms with Crippen molar-refractivity contribution < 1.29 is 4.74 Å². The van der Waals surface area contributed by atoms with Crippen LogP contribution in [0.3, 0.4) is 0 Å². The molecular formula is C16H20ClNOS. The number of ether oxygens (including phenoxy) is 1. The first-order chi connectivity index (χ1) is 9.52. The molecule has 1 aromatic carbocycles. The Morgan fingerprint density at radius 1 is 1.30 bits per heavy atom. The number of hydrogen-bond donors (Lipinski definition) is 1. The molecule has 2 N–H and O–H groups in total. The second-order valence-electron chi connectivity index (χ2n) is 5.04. The quantitative estimate of drug-likeness (QED) is 0.854. The van der Waals surface area contributed by atoms with E-state index in [0.717, 1.165) is 33.9 Å². The average Bonchev–Trinajstić information content (AvgIpc) is 2.95. The minimum atomic E-state index is -0.119. The van der Waals surface area contributed by atoms with Crippen molar-refractivity contribution >= 4 is 22.9 Å². The third kappa shape index (κ3) is 3.35. The Labute approximate surface area is 129 Å². The fourth-order valence-electron chi connectivity index (χ4n) is 2.17. The van der Waals surface area contributed by atoms with Crippen molar-refractivity contribution in [2.45, 2.75) is 39.3 Å². The van der Waals surface area contributed by atoms with Crippen molar-refractivity contribution in [1.82, 2.24) is 0 Å². The molecule has 4 heteroatoms. The number of hydrogen-bond acceptors (Lipinski definition) is 3. The van der Waals surface area contributed by atoms with E-state index in [-0.39, 0.29) is 12.1 Å². The number of halogens is 1. The first-order valence-electron chi connectivity index (χ1n) is 6.74. The number of nitrogens with two attached hydrogens (primary N) is 1. The lowest BCUT2D eigenvalue weighted by molar-refractivity contribution is 0.171. The van der Waals surface area contributed by atoms with Crippen molar-refractivity contribution in [1.29, 1.82) is 0 Å². The highest BCUT2D eigenvalue weighted by molar-refractivity contribution is 7.07. The topological polar surface area (TPSA) is 35.2 Å². The predicted molar refractivity (Wildman–Crippen MR) is 86.9 cm³/mol. The summed E-state index contributed by atoms with van der Waals surface area (Å²) in [6.07, 6.45) is 0.748. The predicted octanol–water partition coefficient (Wildman–Crippen LogP) is 4.88. The second kappa shape index (κ2) is 6.61.